The fourth-order valence-corrected chi connectivity index (χ4v) is 3.90. The molecule has 1 amide bonds. The number of hydrogen-bond acceptors (Lipinski definition) is 3. The highest BCUT2D eigenvalue weighted by atomic mass is 32.2. The van der Waals surface area contributed by atoms with Crippen LogP contribution in [0.5, 0.6) is 0 Å². The van der Waals surface area contributed by atoms with Crippen molar-refractivity contribution in [2.24, 2.45) is 0 Å². The van der Waals surface area contributed by atoms with E-state index in [1.807, 2.05) is 93.6 Å². The van der Waals surface area contributed by atoms with Gasteiger partial charge in [-0.25, -0.2) is 0 Å². The molecular weight excluding hydrogens is 410 g/mol. The van der Waals surface area contributed by atoms with Crippen LogP contribution in [0.15, 0.2) is 77.7 Å². The van der Waals surface area contributed by atoms with Crippen molar-refractivity contribution in [1.82, 2.24) is 0 Å². The SMILES string of the molecule is Cc1ccc(C)c(NC(=O)C(C)Sc2ccc(NC(=S)Nc3ccccc3)cc2)c1. The number of para-hydroxylation sites is 1. The van der Waals surface area contributed by atoms with E-state index in [0.717, 1.165) is 33.1 Å². The Morgan fingerprint density at radius 3 is 2.17 bits per heavy atom. The summed E-state index contributed by atoms with van der Waals surface area (Å²) in [6.45, 7) is 5.93. The Kier molecular flexibility index (Phi) is 7.49. The molecule has 3 rings (SSSR count). The Bertz CT molecular complexity index is 1020. The topological polar surface area (TPSA) is 53.2 Å². The molecule has 3 N–H and O–H groups in total. The highest BCUT2D eigenvalue weighted by Crippen LogP contribution is 2.26. The summed E-state index contributed by atoms with van der Waals surface area (Å²) >= 11 is 6.88. The minimum atomic E-state index is -0.218. The van der Waals surface area contributed by atoms with Crippen molar-refractivity contribution >= 4 is 52.1 Å². The van der Waals surface area contributed by atoms with Crippen LogP contribution < -0.4 is 16.0 Å². The van der Waals surface area contributed by atoms with Crippen LogP contribution in [-0.2, 0) is 4.79 Å². The smallest absolute Gasteiger partial charge is 0.237 e. The third-order valence-corrected chi connectivity index (χ3v) is 5.79. The van der Waals surface area contributed by atoms with Gasteiger partial charge in [0, 0.05) is 22.0 Å². The number of rotatable bonds is 6. The van der Waals surface area contributed by atoms with E-state index < -0.39 is 0 Å². The average Bonchev–Trinajstić information content (AvgIpc) is 2.72. The van der Waals surface area contributed by atoms with Gasteiger partial charge in [-0.1, -0.05) is 30.3 Å². The van der Waals surface area contributed by atoms with Gasteiger partial charge in [-0.3, -0.25) is 4.79 Å². The Labute approximate surface area is 187 Å². The highest BCUT2D eigenvalue weighted by molar-refractivity contribution is 8.00. The Morgan fingerprint density at radius 1 is 0.867 bits per heavy atom. The van der Waals surface area contributed by atoms with Crippen LogP contribution in [0.2, 0.25) is 0 Å². The number of amides is 1. The summed E-state index contributed by atoms with van der Waals surface area (Å²) in [7, 11) is 0. The number of carbonyl (C=O) groups is 1. The maximum absolute atomic E-state index is 12.6. The minimum Gasteiger partial charge on any atom is -0.332 e. The van der Waals surface area contributed by atoms with E-state index in [4.69, 9.17) is 12.2 Å². The first kappa shape index (κ1) is 21.9. The lowest BCUT2D eigenvalue weighted by atomic mass is 10.1. The second kappa shape index (κ2) is 10.3. The summed E-state index contributed by atoms with van der Waals surface area (Å²) in [4.78, 5) is 13.6. The lowest BCUT2D eigenvalue weighted by Gasteiger charge is -2.15. The lowest BCUT2D eigenvalue weighted by molar-refractivity contribution is -0.115. The van der Waals surface area contributed by atoms with Crippen molar-refractivity contribution in [2.75, 3.05) is 16.0 Å². The average molecular weight is 436 g/mol. The Balaban J connectivity index is 1.53. The normalized spacial score (nSPS) is 11.4. The molecule has 0 aliphatic carbocycles. The molecule has 3 aromatic carbocycles. The predicted molar refractivity (Wildman–Crippen MR) is 133 cm³/mol. The summed E-state index contributed by atoms with van der Waals surface area (Å²) in [5.74, 6) is -0.0101. The molecule has 4 nitrogen and oxygen atoms in total. The summed E-state index contributed by atoms with van der Waals surface area (Å²) in [6.07, 6.45) is 0. The van der Waals surface area contributed by atoms with Gasteiger partial charge in [-0.2, -0.15) is 0 Å². The molecule has 0 spiro atoms. The fraction of sp³-hybridized carbons (Fsp3) is 0.167. The lowest BCUT2D eigenvalue weighted by Crippen LogP contribution is -2.22. The highest BCUT2D eigenvalue weighted by Gasteiger charge is 2.15. The van der Waals surface area contributed by atoms with Gasteiger partial charge >= 0.3 is 0 Å². The molecular formula is C24H25N3OS2. The van der Waals surface area contributed by atoms with Crippen molar-refractivity contribution in [1.29, 1.82) is 0 Å². The molecule has 0 aliphatic heterocycles. The van der Waals surface area contributed by atoms with E-state index >= 15 is 0 Å². The summed E-state index contributed by atoms with van der Waals surface area (Å²) < 4.78 is 0. The first-order valence-corrected chi connectivity index (χ1v) is 11.0. The molecule has 1 unspecified atom stereocenters. The van der Waals surface area contributed by atoms with Gasteiger partial charge in [0.25, 0.3) is 0 Å². The molecule has 0 bridgehead atoms. The van der Waals surface area contributed by atoms with Crippen LogP contribution in [0.3, 0.4) is 0 Å². The van der Waals surface area contributed by atoms with Gasteiger partial charge in [0.2, 0.25) is 5.91 Å². The van der Waals surface area contributed by atoms with Crippen molar-refractivity contribution in [3.05, 3.63) is 83.9 Å². The van der Waals surface area contributed by atoms with E-state index in [0.29, 0.717) is 5.11 Å². The van der Waals surface area contributed by atoms with Crippen LogP contribution in [0, 0.1) is 13.8 Å². The zero-order valence-corrected chi connectivity index (χ0v) is 18.9. The van der Waals surface area contributed by atoms with E-state index in [1.54, 1.807) is 0 Å². The second-order valence-electron chi connectivity index (χ2n) is 7.04. The zero-order chi connectivity index (χ0) is 21.5. The van der Waals surface area contributed by atoms with E-state index in [9.17, 15) is 4.79 Å². The number of aryl methyl sites for hydroxylation is 2. The van der Waals surface area contributed by atoms with E-state index in [1.165, 1.54) is 11.8 Å². The Morgan fingerprint density at radius 2 is 1.50 bits per heavy atom. The molecule has 0 fully saturated rings. The minimum absolute atomic E-state index is 0.0101. The fourth-order valence-electron chi connectivity index (χ4n) is 2.79. The zero-order valence-electron chi connectivity index (χ0n) is 17.2. The van der Waals surface area contributed by atoms with Crippen LogP contribution in [0.1, 0.15) is 18.1 Å². The van der Waals surface area contributed by atoms with Gasteiger partial charge in [0.1, 0.15) is 0 Å². The summed E-state index contributed by atoms with van der Waals surface area (Å²) in [5, 5.41) is 9.66. The molecule has 0 radical (unpaired) electrons. The number of benzene rings is 3. The molecule has 154 valence electrons. The molecule has 0 heterocycles. The first-order chi connectivity index (χ1) is 14.4. The number of thiocarbonyl (C=S) groups is 1. The Hall–Kier alpha value is -2.83. The van der Waals surface area contributed by atoms with Gasteiger partial charge in [-0.05, 0) is 86.6 Å². The number of hydrogen-bond donors (Lipinski definition) is 3. The summed E-state index contributed by atoms with van der Waals surface area (Å²) in [5.41, 5.74) is 4.87. The van der Waals surface area contributed by atoms with Crippen molar-refractivity contribution in [2.45, 2.75) is 30.9 Å². The number of thioether (sulfide) groups is 1. The van der Waals surface area contributed by atoms with Crippen molar-refractivity contribution in [3.63, 3.8) is 0 Å². The quantitative estimate of drug-likeness (QED) is 0.316. The third kappa shape index (κ3) is 6.34. The maximum atomic E-state index is 12.6. The molecule has 0 aromatic heterocycles. The van der Waals surface area contributed by atoms with Crippen LogP contribution in [-0.4, -0.2) is 16.3 Å². The van der Waals surface area contributed by atoms with E-state index in [-0.39, 0.29) is 11.2 Å². The third-order valence-electron chi connectivity index (χ3n) is 4.48. The van der Waals surface area contributed by atoms with Gasteiger partial charge in [-0.15, -0.1) is 11.8 Å². The largest absolute Gasteiger partial charge is 0.332 e. The molecule has 0 aliphatic rings. The molecule has 30 heavy (non-hydrogen) atoms. The number of carbonyl (C=O) groups excluding carboxylic acids is 1. The van der Waals surface area contributed by atoms with Crippen molar-refractivity contribution < 1.29 is 4.79 Å². The number of nitrogens with one attached hydrogen (secondary N) is 3. The maximum Gasteiger partial charge on any atom is 0.237 e. The van der Waals surface area contributed by atoms with Gasteiger partial charge in [0.15, 0.2) is 5.11 Å². The molecule has 3 aromatic rings. The molecule has 0 saturated carbocycles. The summed E-state index contributed by atoms with van der Waals surface area (Å²) in [6, 6.07) is 23.7. The monoisotopic (exact) mass is 435 g/mol. The van der Waals surface area contributed by atoms with Crippen LogP contribution in [0.4, 0.5) is 17.1 Å². The number of anilines is 3. The van der Waals surface area contributed by atoms with Crippen molar-refractivity contribution in [3.8, 4) is 0 Å². The standard InChI is InChI=1S/C24H25N3OS2/c1-16-9-10-17(2)22(15-16)27-23(28)18(3)30-21-13-11-20(12-14-21)26-24(29)25-19-7-5-4-6-8-19/h4-15,18H,1-3H3,(H,27,28)(H2,25,26,29). The van der Waals surface area contributed by atoms with Crippen LogP contribution in [0.25, 0.3) is 0 Å². The molecule has 0 saturated heterocycles. The second-order valence-corrected chi connectivity index (χ2v) is 8.86. The van der Waals surface area contributed by atoms with Crippen LogP contribution >= 0.6 is 24.0 Å². The molecule has 6 heteroatoms. The predicted octanol–water partition coefficient (Wildman–Crippen LogP) is 6.23. The molecule has 1 atom stereocenters. The first-order valence-electron chi connectivity index (χ1n) is 9.68. The van der Waals surface area contributed by atoms with E-state index in [2.05, 4.69) is 16.0 Å². The van der Waals surface area contributed by atoms with Gasteiger partial charge < -0.3 is 16.0 Å². The van der Waals surface area contributed by atoms with Gasteiger partial charge in [0.05, 0.1) is 5.25 Å².